The van der Waals surface area contributed by atoms with Crippen molar-refractivity contribution in [3.8, 4) is 0 Å². The van der Waals surface area contributed by atoms with Gasteiger partial charge in [-0.3, -0.25) is 4.90 Å². The van der Waals surface area contributed by atoms with E-state index in [2.05, 4.69) is 16.8 Å². The first-order chi connectivity index (χ1) is 9.22. The molecule has 6 heteroatoms. The van der Waals surface area contributed by atoms with Crippen LogP contribution in [0.1, 0.15) is 24.4 Å². The Bertz CT molecular complexity index is 438. The fraction of sp³-hybridized carbons (Fsp3) is 0.467. The summed E-state index contributed by atoms with van der Waals surface area (Å²) >= 11 is 0. The van der Waals surface area contributed by atoms with Gasteiger partial charge in [-0.2, -0.15) is 0 Å². The molecule has 1 atom stereocenters. The van der Waals surface area contributed by atoms with E-state index in [0.717, 1.165) is 39.0 Å². The van der Waals surface area contributed by atoms with E-state index < -0.39 is 0 Å². The number of rotatable bonds is 5. The standard InChI is InChI=1S/C15H20F2N2.2ClH/c1-2-3-4-15(19-9-7-18-8-10-19)13-11-12(16)5-6-14(13)17;;/h2,5-6,11,15,18H,1,3-4,7-10H2;2*1H/t15-;;/m0../s1. The second-order valence-electron chi connectivity index (χ2n) is 4.83. The lowest BCUT2D eigenvalue weighted by molar-refractivity contribution is 0.162. The molecule has 1 aliphatic heterocycles. The summed E-state index contributed by atoms with van der Waals surface area (Å²) < 4.78 is 27.3. The summed E-state index contributed by atoms with van der Waals surface area (Å²) in [6, 6.07) is 3.64. The summed E-state index contributed by atoms with van der Waals surface area (Å²) in [7, 11) is 0. The van der Waals surface area contributed by atoms with Crippen LogP contribution in [0.2, 0.25) is 0 Å². The Morgan fingerprint density at radius 2 is 1.90 bits per heavy atom. The van der Waals surface area contributed by atoms with E-state index in [1.54, 1.807) is 0 Å². The minimum Gasteiger partial charge on any atom is -0.314 e. The van der Waals surface area contributed by atoms with Crippen LogP contribution in [0.4, 0.5) is 8.78 Å². The van der Waals surface area contributed by atoms with Gasteiger partial charge in [-0.15, -0.1) is 31.4 Å². The third-order valence-corrected chi connectivity index (χ3v) is 3.55. The van der Waals surface area contributed by atoms with Crippen LogP contribution in [0.25, 0.3) is 0 Å². The number of nitrogens with one attached hydrogen (secondary N) is 1. The summed E-state index contributed by atoms with van der Waals surface area (Å²) in [6.07, 6.45) is 3.39. The lowest BCUT2D eigenvalue weighted by Crippen LogP contribution is -2.45. The molecule has 120 valence electrons. The van der Waals surface area contributed by atoms with Crippen LogP contribution >= 0.6 is 24.8 Å². The molecule has 2 rings (SSSR count). The molecule has 0 radical (unpaired) electrons. The van der Waals surface area contributed by atoms with Crippen LogP contribution in [-0.4, -0.2) is 31.1 Å². The van der Waals surface area contributed by atoms with Gasteiger partial charge in [0.2, 0.25) is 0 Å². The Hall–Kier alpha value is -0.680. The molecular formula is C15H22Cl2F2N2. The molecule has 0 saturated carbocycles. The summed E-state index contributed by atoms with van der Waals surface area (Å²) in [5.41, 5.74) is 0.462. The lowest BCUT2D eigenvalue weighted by atomic mass is 9.98. The molecular weight excluding hydrogens is 317 g/mol. The van der Waals surface area contributed by atoms with Gasteiger partial charge in [0.05, 0.1) is 0 Å². The number of piperazine rings is 1. The molecule has 0 amide bonds. The predicted molar refractivity (Wildman–Crippen MR) is 87.5 cm³/mol. The van der Waals surface area contributed by atoms with E-state index in [9.17, 15) is 8.78 Å². The quantitative estimate of drug-likeness (QED) is 0.823. The van der Waals surface area contributed by atoms with E-state index in [1.807, 2.05) is 6.08 Å². The fourth-order valence-electron chi connectivity index (χ4n) is 2.57. The van der Waals surface area contributed by atoms with Crippen LogP contribution in [0.3, 0.4) is 0 Å². The van der Waals surface area contributed by atoms with Gasteiger partial charge in [0.15, 0.2) is 0 Å². The van der Waals surface area contributed by atoms with Crippen molar-refractivity contribution in [2.45, 2.75) is 18.9 Å². The maximum Gasteiger partial charge on any atom is 0.128 e. The zero-order valence-electron chi connectivity index (χ0n) is 11.9. The van der Waals surface area contributed by atoms with Crippen LogP contribution in [0, 0.1) is 11.6 Å². The summed E-state index contributed by atoms with van der Waals surface area (Å²) in [5.74, 6) is -0.705. The number of hydrogen-bond acceptors (Lipinski definition) is 2. The Morgan fingerprint density at radius 1 is 1.24 bits per heavy atom. The van der Waals surface area contributed by atoms with Gasteiger partial charge in [-0.05, 0) is 31.0 Å². The Kier molecular flexibility index (Phi) is 9.79. The monoisotopic (exact) mass is 338 g/mol. The van der Waals surface area contributed by atoms with Gasteiger partial charge >= 0.3 is 0 Å². The molecule has 1 N–H and O–H groups in total. The molecule has 1 fully saturated rings. The average Bonchev–Trinajstić information content (AvgIpc) is 2.44. The van der Waals surface area contributed by atoms with Crippen LogP contribution in [0.15, 0.2) is 30.9 Å². The van der Waals surface area contributed by atoms with E-state index in [1.165, 1.54) is 18.2 Å². The average molecular weight is 339 g/mol. The van der Waals surface area contributed by atoms with Crippen LogP contribution < -0.4 is 5.32 Å². The van der Waals surface area contributed by atoms with Crippen molar-refractivity contribution in [2.24, 2.45) is 0 Å². The highest BCUT2D eigenvalue weighted by Crippen LogP contribution is 2.28. The summed E-state index contributed by atoms with van der Waals surface area (Å²) in [4.78, 5) is 2.22. The zero-order chi connectivity index (χ0) is 13.7. The van der Waals surface area contributed by atoms with Gasteiger partial charge in [-0.1, -0.05) is 6.08 Å². The van der Waals surface area contributed by atoms with E-state index in [0.29, 0.717) is 5.56 Å². The van der Waals surface area contributed by atoms with Gasteiger partial charge in [-0.25, -0.2) is 8.78 Å². The first kappa shape index (κ1) is 20.3. The zero-order valence-corrected chi connectivity index (χ0v) is 13.5. The highest BCUT2D eigenvalue weighted by Gasteiger charge is 2.24. The number of halogens is 4. The molecule has 1 aromatic carbocycles. The van der Waals surface area contributed by atoms with Crippen molar-refractivity contribution in [1.29, 1.82) is 0 Å². The van der Waals surface area contributed by atoms with Gasteiger partial charge in [0, 0.05) is 37.8 Å². The second kappa shape index (κ2) is 10.1. The summed E-state index contributed by atoms with van der Waals surface area (Å²) in [5, 5.41) is 3.27. The topological polar surface area (TPSA) is 15.3 Å². The van der Waals surface area contributed by atoms with Crippen molar-refractivity contribution in [1.82, 2.24) is 10.2 Å². The largest absolute Gasteiger partial charge is 0.314 e. The van der Waals surface area contributed by atoms with Gasteiger partial charge < -0.3 is 5.32 Å². The number of benzene rings is 1. The van der Waals surface area contributed by atoms with Gasteiger partial charge in [0.25, 0.3) is 0 Å². The maximum atomic E-state index is 14.0. The number of hydrogen-bond donors (Lipinski definition) is 1. The van der Waals surface area contributed by atoms with Crippen LogP contribution in [0.5, 0.6) is 0 Å². The minimum atomic E-state index is -0.380. The van der Waals surface area contributed by atoms with E-state index in [4.69, 9.17) is 0 Å². The smallest absolute Gasteiger partial charge is 0.128 e. The lowest BCUT2D eigenvalue weighted by Gasteiger charge is -2.35. The van der Waals surface area contributed by atoms with E-state index >= 15 is 0 Å². The third kappa shape index (κ3) is 5.55. The predicted octanol–water partition coefficient (Wildman–Crippen LogP) is 3.72. The number of nitrogens with zero attached hydrogens (tertiary/aromatic N) is 1. The van der Waals surface area contributed by atoms with Crippen molar-refractivity contribution in [3.63, 3.8) is 0 Å². The van der Waals surface area contributed by atoms with Crippen molar-refractivity contribution >= 4 is 24.8 Å². The Labute approximate surface area is 137 Å². The molecule has 0 aliphatic carbocycles. The minimum absolute atomic E-state index is 0. The second-order valence-corrected chi connectivity index (χ2v) is 4.83. The molecule has 1 aliphatic rings. The first-order valence-corrected chi connectivity index (χ1v) is 6.73. The highest BCUT2D eigenvalue weighted by molar-refractivity contribution is 5.85. The molecule has 0 unspecified atom stereocenters. The van der Waals surface area contributed by atoms with Crippen molar-refractivity contribution in [3.05, 3.63) is 48.1 Å². The summed E-state index contributed by atoms with van der Waals surface area (Å²) in [6.45, 7) is 7.21. The molecule has 0 spiro atoms. The normalized spacial score (nSPS) is 16.5. The Balaban J connectivity index is 0.00000200. The SMILES string of the molecule is C=CCC[C@@H](c1cc(F)ccc1F)N1CCNCC1.Cl.Cl. The molecule has 1 heterocycles. The molecule has 1 aromatic rings. The fourth-order valence-corrected chi connectivity index (χ4v) is 2.57. The molecule has 1 saturated heterocycles. The highest BCUT2D eigenvalue weighted by atomic mass is 35.5. The molecule has 0 aromatic heterocycles. The Morgan fingerprint density at radius 3 is 2.52 bits per heavy atom. The van der Waals surface area contributed by atoms with E-state index in [-0.39, 0.29) is 42.5 Å². The van der Waals surface area contributed by atoms with Gasteiger partial charge in [0.1, 0.15) is 11.6 Å². The third-order valence-electron chi connectivity index (χ3n) is 3.55. The van der Waals surface area contributed by atoms with Crippen molar-refractivity contribution < 1.29 is 8.78 Å². The first-order valence-electron chi connectivity index (χ1n) is 6.73. The molecule has 0 bridgehead atoms. The molecule has 21 heavy (non-hydrogen) atoms. The van der Waals surface area contributed by atoms with Crippen molar-refractivity contribution in [2.75, 3.05) is 26.2 Å². The number of allylic oxidation sites excluding steroid dienone is 1. The molecule has 2 nitrogen and oxygen atoms in total. The maximum absolute atomic E-state index is 14.0. The van der Waals surface area contributed by atoms with Crippen LogP contribution in [-0.2, 0) is 0 Å².